The fourth-order valence-corrected chi connectivity index (χ4v) is 2.58. The van der Waals surface area contributed by atoms with Gasteiger partial charge in [0.2, 0.25) is 0 Å². The van der Waals surface area contributed by atoms with Gasteiger partial charge in [0.15, 0.2) is 0 Å². The predicted molar refractivity (Wildman–Crippen MR) is 63.6 cm³/mol. The highest BCUT2D eigenvalue weighted by Crippen LogP contribution is 2.38. The number of nitriles is 1. The van der Waals surface area contributed by atoms with Crippen molar-refractivity contribution in [1.29, 1.82) is 5.26 Å². The normalized spacial score (nSPS) is 17.4. The van der Waals surface area contributed by atoms with E-state index in [9.17, 15) is 4.79 Å². The lowest BCUT2D eigenvalue weighted by atomic mass is 9.94. The smallest absolute Gasteiger partial charge is 0.306 e. The van der Waals surface area contributed by atoms with E-state index in [2.05, 4.69) is 6.07 Å². The number of esters is 1. The van der Waals surface area contributed by atoms with Crippen LogP contribution in [0.4, 0.5) is 0 Å². The lowest BCUT2D eigenvalue weighted by molar-refractivity contribution is -0.141. The number of ether oxygens (including phenoxy) is 1. The third-order valence-electron chi connectivity index (χ3n) is 3.58. The summed E-state index contributed by atoms with van der Waals surface area (Å²) in [5, 5.41) is 8.97. The molecule has 3 heteroatoms. The van der Waals surface area contributed by atoms with Crippen LogP contribution in [0.3, 0.4) is 0 Å². The number of methoxy groups -OCH3 is 1. The van der Waals surface area contributed by atoms with E-state index in [-0.39, 0.29) is 11.9 Å². The first-order valence-corrected chi connectivity index (χ1v) is 5.76. The van der Waals surface area contributed by atoms with Crippen molar-refractivity contribution in [2.45, 2.75) is 32.1 Å². The van der Waals surface area contributed by atoms with Gasteiger partial charge in [-0.15, -0.1) is 0 Å². The van der Waals surface area contributed by atoms with Crippen LogP contribution in [0.1, 0.15) is 41.0 Å². The summed E-state index contributed by atoms with van der Waals surface area (Å²) in [4.78, 5) is 11.3. The highest BCUT2D eigenvalue weighted by molar-refractivity contribution is 5.71. The zero-order valence-corrected chi connectivity index (χ0v) is 10.1. The van der Waals surface area contributed by atoms with Crippen molar-refractivity contribution < 1.29 is 9.53 Å². The molecule has 1 aliphatic carbocycles. The first-order chi connectivity index (χ1) is 8.17. The zero-order valence-electron chi connectivity index (χ0n) is 10.1. The summed E-state index contributed by atoms with van der Waals surface area (Å²) >= 11 is 0. The van der Waals surface area contributed by atoms with E-state index < -0.39 is 0 Å². The number of benzene rings is 1. The van der Waals surface area contributed by atoms with Crippen LogP contribution in [-0.4, -0.2) is 13.1 Å². The number of nitrogens with zero attached hydrogens (tertiary/aromatic N) is 1. The molecule has 0 amide bonds. The Morgan fingerprint density at radius 2 is 2.35 bits per heavy atom. The molecule has 88 valence electrons. The average molecular weight is 229 g/mol. The molecule has 1 unspecified atom stereocenters. The lowest BCUT2D eigenvalue weighted by Crippen LogP contribution is -2.06. The molecule has 0 fully saturated rings. The van der Waals surface area contributed by atoms with E-state index in [0.29, 0.717) is 6.42 Å². The van der Waals surface area contributed by atoms with Gasteiger partial charge in [-0.1, -0.05) is 6.07 Å². The number of hydrogen-bond acceptors (Lipinski definition) is 3. The van der Waals surface area contributed by atoms with Crippen LogP contribution in [-0.2, 0) is 16.0 Å². The summed E-state index contributed by atoms with van der Waals surface area (Å²) in [6.07, 6.45) is 2.37. The molecule has 0 saturated carbocycles. The maximum Gasteiger partial charge on any atom is 0.306 e. The van der Waals surface area contributed by atoms with Gasteiger partial charge < -0.3 is 4.74 Å². The molecule has 3 nitrogen and oxygen atoms in total. The van der Waals surface area contributed by atoms with Gasteiger partial charge in [-0.3, -0.25) is 4.79 Å². The lowest BCUT2D eigenvalue weighted by Gasteiger charge is -2.11. The van der Waals surface area contributed by atoms with Crippen molar-refractivity contribution in [1.82, 2.24) is 0 Å². The van der Waals surface area contributed by atoms with Gasteiger partial charge in [0.1, 0.15) is 0 Å². The van der Waals surface area contributed by atoms with Gasteiger partial charge >= 0.3 is 5.97 Å². The molecule has 2 rings (SSSR count). The molecule has 1 aliphatic rings. The molecule has 0 heterocycles. The van der Waals surface area contributed by atoms with Crippen molar-refractivity contribution in [2.75, 3.05) is 7.11 Å². The SMILES string of the molecule is COC(=O)CC1CCc2c1ccc(C#N)c2C. The molecular weight excluding hydrogens is 214 g/mol. The minimum Gasteiger partial charge on any atom is -0.469 e. The van der Waals surface area contributed by atoms with Crippen LogP contribution < -0.4 is 0 Å². The topological polar surface area (TPSA) is 50.1 Å². The Hall–Kier alpha value is -1.82. The van der Waals surface area contributed by atoms with E-state index in [0.717, 1.165) is 24.0 Å². The Balaban J connectivity index is 2.31. The minimum absolute atomic E-state index is 0.162. The molecular formula is C14H15NO2. The second-order valence-electron chi connectivity index (χ2n) is 4.43. The van der Waals surface area contributed by atoms with Gasteiger partial charge in [0, 0.05) is 0 Å². The second-order valence-corrected chi connectivity index (χ2v) is 4.43. The van der Waals surface area contributed by atoms with E-state index in [1.54, 1.807) is 0 Å². The summed E-state index contributed by atoms with van der Waals surface area (Å²) in [6.45, 7) is 1.98. The van der Waals surface area contributed by atoms with Crippen LogP contribution >= 0.6 is 0 Å². The molecule has 17 heavy (non-hydrogen) atoms. The third kappa shape index (κ3) is 2.03. The van der Waals surface area contributed by atoms with Gasteiger partial charge in [-0.2, -0.15) is 5.26 Å². The van der Waals surface area contributed by atoms with Gasteiger partial charge in [-0.25, -0.2) is 0 Å². The first kappa shape index (κ1) is 11.7. The fraction of sp³-hybridized carbons (Fsp3) is 0.429. The number of carbonyl (C=O) groups excluding carboxylic acids is 1. The largest absolute Gasteiger partial charge is 0.469 e. The predicted octanol–water partition coefficient (Wildman–Crippen LogP) is 2.46. The van der Waals surface area contributed by atoms with Crippen molar-refractivity contribution in [2.24, 2.45) is 0 Å². The summed E-state index contributed by atoms with van der Waals surface area (Å²) < 4.78 is 4.71. The Morgan fingerprint density at radius 1 is 1.59 bits per heavy atom. The van der Waals surface area contributed by atoms with E-state index in [1.165, 1.54) is 18.2 Å². The third-order valence-corrected chi connectivity index (χ3v) is 3.58. The van der Waals surface area contributed by atoms with E-state index >= 15 is 0 Å². The van der Waals surface area contributed by atoms with E-state index in [4.69, 9.17) is 10.00 Å². The standard InChI is InChI=1S/C14H15NO2/c1-9-11(8-15)4-6-13-10(3-5-12(9)13)7-14(16)17-2/h4,6,10H,3,5,7H2,1-2H3. The fourth-order valence-electron chi connectivity index (χ4n) is 2.58. The van der Waals surface area contributed by atoms with Crippen molar-refractivity contribution in [3.05, 3.63) is 34.4 Å². The quantitative estimate of drug-likeness (QED) is 0.732. The molecule has 1 atom stereocenters. The number of fused-ring (bicyclic) bond motifs is 1. The number of rotatable bonds is 2. The highest BCUT2D eigenvalue weighted by Gasteiger charge is 2.26. The van der Waals surface area contributed by atoms with Gasteiger partial charge in [0.25, 0.3) is 0 Å². The van der Waals surface area contributed by atoms with Crippen molar-refractivity contribution >= 4 is 5.97 Å². The molecule has 1 aromatic carbocycles. The number of hydrogen-bond donors (Lipinski definition) is 0. The van der Waals surface area contributed by atoms with Crippen molar-refractivity contribution in [3.8, 4) is 6.07 Å². The molecule has 0 aliphatic heterocycles. The van der Waals surface area contributed by atoms with Crippen molar-refractivity contribution in [3.63, 3.8) is 0 Å². The molecule has 0 bridgehead atoms. The van der Waals surface area contributed by atoms with Gasteiger partial charge in [-0.05, 0) is 48.4 Å². The summed E-state index contributed by atoms with van der Waals surface area (Å²) in [7, 11) is 1.42. The first-order valence-electron chi connectivity index (χ1n) is 5.76. The maximum atomic E-state index is 11.3. The molecule has 1 aromatic rings. The van der Waals surface area contributed by atoms with Gasteiger partial charge in [0.05, 0.1) is 25.2 Å². The summed E-state index contributed by atoms with van der Waals surface area (Å²) in [6, 6.07) is 6.04. The molecule has 0 radical (unpaired) electrons. The summed E-state index contributed by atoms with van der Waals surface area (Å²) in [5.74, 6) is 0.0914. The summed E-state index contributed by atoms with van der Waals surface area (Å²) in [5.41, 5.74) is 4.27. The Labute approximate surface area is 101 Å². The van der Waals surface area contributed by atoms with Crippen LogP contribution in [0.25, 0.3) is 0 Å². The second kappa shape index (κ2) is 4.58. The Morgan fingerprint density at radius 3 is 3.00 bits per heavy atom. The van der Waals surface area contributed by atoms with E-state index in [1.807, 2.05) is 19.1 Å². The molecule has 0 spiro atoms. The monoisotopic (exact) mass is 229 g/mol. The highest BCUT2D eigenvalue weighted by atomic mass is 16.5. The van der Waals surface area contributed by atoms with Crippen LogP contribution in [0.15, 0.2) is 12.1 Å². The van der Waals surface area contributed by atoms with Crippen LogP contribution in [0.2, 0.25) is 0 Å². The molecule has 0 N–H and O–H groups in total. The Kier molecular flexibility index (Phi) is 3.14. The molecule has 0 aromatic heterocycles. The molecule has 0 saturated heterocycles. The maximum absolute atomic E-state index is 11.3. The zero-order chi connectivity index (χ0) is 12.4. The average Bonchev–Trinajstić information content (AvgIpc) is 2.74. The van der Waals surface area contributed by atoms with Crippen LogP contribution in [0.5, 0.6) is 0 Å². The Bertz CT molecular complexity index is 500. The van der Waals surface area contributed by atoms with Crippen LogP contribution in [0, 0.1) is 18.3 Å². The minimum atomic E-state index is -0.162. The number of carbonyl (C=O) groups is 1.